The molecule has 0 radical (unpaired) electrons. The fourth-order valence-electron chi connectivity index (χ4n) is 1.24. The van der Waals surface area contributed by atoms with Crippen molar-refractivity contribution in [2.24, 2.45) is 0 Å². The number of carbonyl (C=O) groups is 2. The van der Waals surface area contributed by atoms with Crippen LogP contribution in [0.2, 0.25) is 0 Å². The van der Waals surface area contributed by atoms with Gasteiger partial charge in [-0.3, -0.25) is 4.79 Å². The van der Waals surface area contributed by atoms with Crippen LogP contribution in [0.3, 0.4) is 0 Å². The summed E-state index contributed by atoms with van der Waals surface area (Å²) in [4.78, 5) is 21.4. The summed E-state index contributed by atoms with van der Waals surface area (Å²) in [6, 6.07) is 4.48. The standard InChI is InChI=1S/C12H14N2O3/c1-8(15)14-6-2-3-9-7-10(12(16)17)4-5-11(9)13/h2-5,7H,6,13H2,1H3,(H,14,15)(H,16,17). The predicted octanol–water partition coefficient (Wildman–Crippen LogP) is 1.12. The van der Waals surface area contributed by atoms with E-state index in [2.05, 4.69) is 5.32 Å². The van der Waals surface area contributed by atoms with Crippen LogP contribution in [0.5, 0.6) is 0 Å². The van der Waals surface area contributed by atoms with Gasteiger partial charge in [-0.2, -0.15) is 0 Å². The number of carboxylic acids is 1. The summed E-state index contributed by atoms with van der Waals surface area (Å²) in [5.41, 5.74) is 6.99. The van der Waals surface area contributed by atoms with Gasteiger partial charge in [0.1, 0.15) is 0 Å². The first-order valence-corrected chi connectivity index (χ1v) is 5.04. The highest BCUT2D eigenvalue weighted by Crippen LogP contribution is 2.15. The van der Waals surface area contributed by atoms with E-state index in [9.17, 15) is 9.59 Å². The van der Waals surface area contributed by atoms with Crippen molar-refractivity contribution in [1.82, 2.24) is 5.32 Å². The average molecular weight is 234 g/mol. The highest BCUT2D eigenvalue weighted by molar-refractivity contribution is 5.89. The van der Waals surface area contributed by atoms with Crippen LogP contribution < -0.4 is 11.1 Å². The van der Waals surface area contributed by atoms with E-state index < -0.39 is 5.97 Å². The fraction of sp³-hybridized carbons (Fsp3) is 0.167. The van der Waals surface area contributed by atoms with Crippen LogP contribution in [0.1, 0.15) is 22.8 Å². The van der Waals surface area contributed by atoms with Gasteiger partial charge in [0.2, 0.25) is 5.91 Å². The zero-order valence-electron chi connectivity index (χ0n) is 9.43. The second-order valence-electron chi connectivity index (χ2n) is 3.49. The van der Waals surface area contributed by atoms with Crippen molar-refractivity contribution in [3.63, 3.8) is 0 Å². The number of hydrogen-bond donors (Lipinski definition) is 3. The van der Waals surface area contributed by atoms with Crippen LogP contribution in [0.15, 0.2) is 24.3 Å². The molecule has 0 heterocycles. The average Bonchev–Trinajstić information content (AvgIpc) is 2.25. The summed E-state index contributed by atoms with van der Waals surface area (Å²) in [7, 11) is 0. The van der Waals surface area contributed by atoms with Gasteiger partial charge in [-0.25, -0.2) is 4.79 Å². The quantitative estimate of drug-likeness (QED) is 0.680. The monoisotopic (exact) mass is 234 g/mol. The Morgan fingerprint density at radius 2 is 2.18 bits per heavy atom. The highest BCUT2D eigenvalue weighted by atomic mass is 16.4. The Morgan fingerprint density at radius 3 is 2.76 bits per heavy atom. The van der Waals surface area contributed by atoms with Crippen LogP contribution in [-0.4, -0.2) is 23.5 Å². The van der Waals surface area contributed by atoms with Gasteiger partial charge in [0.25, 0.3) is 0 Å². The first-order chi connectivity index (χ1) is 8.00. The van der Waals surface area contributed by atoms with E-state index in [0.29, 0.717) is 17.8 Å². The van der Waals surface area contributed by atoms with Crippen molar-refractivity contribution in [3.8, 4) is 0 Å². The minimum Gasteiger partial charge on any atom is -0.478 e. The number of amides is 1. The number of nitrogen functional groups attached to an aromatic ring is 1. The molecule has 0 spiro atoms. The number of anilines is 1. The number of carbonyl (C=O) groups excluding carboxylic acids is 1. The van der Waals surface area contributed by atoms with Crippen molar-refractivity contribution in [1.29, 1.82) is 0 Å². The van der Waals surface area contributed by atoms with Gasteiger partial charge in [-0.05, 0) is 23.8 Å². The Hall–Kier alpha value is -2.30. The van der Waals surface area contributed by atoms with Crippen LogP contribution in [0, 0.1) is 0 Å². The maximum absolute atomic E-state index is 10.8. The van der Waals surface area contributed by atoms with Gasteiger partial charge in [-0.1, -0.05) is 12.2 Å². The molecule has 1 aromatic rings. The summed E-state index contributed by atoms with van der Waals surface area (Å²) in [5, 5.41) is 11.4. The van der Waals surface area contributed by atoms with Crippen molar-refractivity contribution in [3.05, 3.63) is 35.4 Å². The maximum atomic E-state index is 10.8. The van der Waals surface area contributed by atoms with Crippen LogP contribution in [-0.2, 0) is 4.79 Å². The molecule has 0 fully saturated rings. The Balaban J connectivity index is 2.79. The molecule has 0 bridgehead atoms. The van der Waals surface area contributed by atoms with E-state index in [4.69, 9.17) is 10.8 Å². The lowest BCUT2D eigenvalue weighted by Gasteiger charge is -2.02. The second-order valence-corrected chi connectivity index (χ2v) is 3.49. The molecular weight excluding hydrogens is 220 g/mol. The van der Waals surface area contributed by atoms with Gasteiger partial charge in [0.15, 0.2) is 0 Å². The molecule has 0 aliphatic heterocycles. The molecule has 1 aromatic carbocycles. The Labute approximate surface area is 98.9 Å². The predicted molar refractivity (Wildman–Crippen MR) is 65.5 cm³/mol. The normalized spacial score (nSPS) is 10.4. The summed E-state index contributed by atoms with van der Waals surface area (Å²) >= 11 is 0. The number of rotatable bonds is 4. The molecule has 0 saturated carbocycles. The molecule has 4 N–H and O–H groups in total. The molecule has 1 amide bonds. The number of aromatic carboxylic acids is 1. The van der Waals surface area contributed by atoms with Crippen LogP contribution >= 0.6 is 0 Å². The minimum atomic E-state index is -0.999. The number of nitrogens with one attached hydrogen (secondary N) is 1. The molecular formula is C12H14N2O3. The van der Waals surface area contributed by atoms with E-state index >= 15 is 0 Å². The fourth-order valence-corrected chi connectivity index (χ4v) is 1.24. The second kappa shape index (κ2) is 5.69. The van der Waals surface area contributed by atoms with Crippen molar-refractivity contribution >= 4 is 23.6 Å². The third-order valence-electron chi connectivity index (χ3n) is 2.10. The van der Waals surface area contributed by atoms with E-state index in [0.717, 1.165) is 0 Å². The van der Waals surface area contributed by atoms with Crippen LogP contribution in [0.25, 0.3) is 6.08 Å². The number of nitrogens with two attached hydrogens (primary N) is 1. The van der Waals surface area contributed by atoms with Gasteiger partial charge < -0.3 is 16.2 Å². The van der Waals surface area contributed by atoms with Gasteiger partial charge in [0.05, 0.1) is 5.56 Å². The molecule has 1 rings (SSSR count). The molecule has 0 saturated heterocycles. The number of carboxylic acid groups (broad SMARTS) is 1. The summed E-state index contributed by atoms with van der Waals surface area (Å²) in [6.07, 6.45) is 3.39. The molecule has 0 atom stereocenters. The lowest BCUT2D eigenvalue weighted by atomic mass is 10.1. The Kier molecular flexibility index (Phi) is 4.28. The molecule has 0 unspecified atom stereocenters. The summed E-state index contributed by atoms with van der Waals surface area (Å²) < 4.78 is 0. The zero-order valence-corrected chi connectivity index (χ0v) is 9.43. The van der Waals surface area contributed by atoms with E-state index in [1.54, 1.807) is 18.2 Å². The first kappa shape index (κ1) is 12.8. The first-order valence-electron chi connectivity index (χ1n) is 5.04. The van der Waals surface area contributed by atoms with Crippen LogP contribution in [0.4, 0.5) is 5.69 Å². The lowest BCUT2D eigenvalue weighted by Crippen LogP contribution is -2.19. The topological polar surface area (TPSA) is 92.4 Å². The smallest absolute Gasteiger partial charge is 0.335 e. The van der Waals surface area contributed by atoms with Crippen molar-refractivity contribution in [2.45, 2.75) is 6.92 Å². The minimum absolute atomic E-state index is 0.123. The summed E-state index contributed by atoms with van der Waals surface area (Å²) in [6.45, 7) is 1.80. The van der Waals surface area contributed by atoms with E-state index in [1.807, 2.05) is 0 Å². The molecule has 90 valence electrons. The third kappa shape index (κ3) is 3.98. The number of benzene rings is 1. The van der Waals surface area contributed by atoms with Gasteiger partial charge in [-0.15, -0.1) is 0 Å². The van der Waals surface area contributed by atoms with Gasteiger partial charge in [0, 0.05) is 19.2 Å². The lowest BCUT2D eigenvalue weighted by molar-refractivity contribution is -0.118. The van der Waals surface area contributed by atoms with Crippen molar-refractivity contribution < 1.29 is 14.7 Å². The largest absolute Gasteiger partial charge is 0.478 e. The highest BCUT2D eigenvalue weighted by Gasteiger charge is 2.04. The van der Waals surface area contributed by atoms with Gasteiger partial charge >= 0.3 is 5.97 Å². The molecule has 0 aromatic heterocycles. The third-order valence-corrected chi connectivity index (χ3v) is 2.10. The zero-order chi connectivity index (χ0) is 12.8. The molecule has 0 aliphatic rings. The molecule has 17 heavy (non-hydrogen) atoms. The van der Waals surface area contributed by atoms with E-state index in [1.165, 1.54) is 19.1 Å². The molecule has 0 aliphatic carbocycles. The Bertz CT molecular complexity index is 467. The maximum Gasteiger partial charge on any atom is 0.335 e. The van der Waals surface area contributed by atoms with Crippen molar-refractivity contribution in [2.75, 3.05) is 12.3 Å². The molecule has 5 nitrogen and oxygen atoms in total. The Morgan fingerprint density at radius 1 is 1.47 bits per heavy atom. The van der Waals surface area contributed by atoms with E-state index in [-0.39, 0.29) is 11.5 Å². The summed E-state index contributed by atoms with van der Waals surface area (Å²) in [5.74, 6) is -1.12. The number of hydrogen-bond acceptors (Lipinski definition) is 3. The SMILES string of the molecule is CC(=O)NCC=Cc1cc(C(=O)O)ccc1N. The molecule has 5 heteroatoms.